The number of fused-ring (bicyclic) bond motifs is 1. The SMILES string of the molecule is COc1ccc2c(c1)CCCC2C1CCCN1CCc1ccco1.O=C(O)C=CC(=O)O.O=C(O)C=CC(=O)O. The summed E-state index contributed by atoms with van der Waals surface area (Å²) < 4.78 is 10.9. The molecule has 40 heavy (non-hydrogen) atoms. The fraction of sp³-hybridized carbons (Fsp3) is 0.379. The van der Waals surface area contributed by atoms with Crippen molar-refractivity contribution in [3.05, 3.63) is 77.8 Å². The summed E-state index contributed by atoms with van der Waals surface area (Å²) in [5, 5.41) is 31.2. The van der Waals surface area contributed by atoms with Crippen molar-refractivity contribution in [3.8, 4) is 5.75 Å². The van der Waals surface area contributed by atoms with E-state index in [2.05, 4.69) is 29.2 Å². The largest absolute Gasteiger partial charge is 0.497 e. The topological polar surface area (TPSA) is 175 Å². The predicted octanol–water partition coefficient (Wildman–Crippen LogP) is 3.84. The molecule has 1 aromatic carbocycles. The van der Waals surface area contributed by atoms with E-state index >= 15 is 0 Å². The molecule has 0 amide bonds. The Bertz CT molecular complexity index is 1120. The van der Waals surface area contributed by atoms with E-state index < -0.39 is 23.9 Å². The van der Waals surface area contributed by atoms with Crippen molar-refractivity contribution >= 4 is 23.9 Å². The molecule has 0 spiro atoms. The first-order valence-corrected chi connectivity index (χ1v) is 12.8. The third-order valence-corrected chi connectivity index (χ3v) is 6.55. The summed E-state index contributed by atoms with van der Waals surface area (Å²) in [7, 11) is 1.76. The van der Waals surface area contributed by atoms with Gasteiger partial charge in [0.25, 0.3) is 0 Å². The highest BCUT2D eigenvalue weighted by molar-refractivity contribution is 5.90. The molecule has 2 atom stereocenters. The van der Waals surface area contributed by atoms with Gasteiger partial charge in [0, 0.05) is 43.3 Å². The number of hydrogen-bond acceptors (Lipinski definition) is 7. The van der Waals surface area contributed by atoms with E-state index in [1.54, 1.807) is 18.9 Å². The van der Waals surface area contributed by atoms with Gasteiger partial charge in [-0.15, -0.1) is 0 Å². The number of aryl methyl sites for hydroxylation is 1. The van der Waals surface area contributed by atoms with E-state index in [9.17, 15) is 19.2 Å². The van der Waals surface area contributed by atoms with Crippen LogP contribution in [-0.4, -0.2) is 75.4 Å². The molecule has 1 aliphatic heterocycles. The lowest BCUT2D eigenvalue weighted by Crippen LogP contribution is -2.37. The Labute approximate surface area is 232 Å². The van der Waals surface area contributed by atoms with Crippen LogP contribution in [0.5, 0.6) is 5.75 Å². The monoisotopic (exact) mass is 557 g/mol. The molecule has 2 unspecified atom stereocenters. The van der Waals surface area contributed by atoms with Gasteiger partial charge >= 0.3 is 23.9 Å². The Kier molecular flexibility index (Phi) is 13.2. The highest BCUT2D eigenvalue weighted by Gasteiger charge is 2.34. The molecule has 0 bridgehead atoms. The number of methoxy groups -OCH3 is 1. The van der Waals surface area contributed by atoms with Gasteiger partial charge in [-0.2, -0.15) is 0 Å². The van der Waals surface area contributed by atoms with Crippen LogP contribution in [-0.2, 0) is 32.0 Å². The molecular formula is C29H35NO10. The average molecular weight is 558 g/mol. The molecule has 2 heterocycles. The summed E-state index contributed by atoms with van der Waals surface area (Å²) in [6.07, 6.45) is 11.5. The Hall–Kier alpha value is -4.38. The van der Waals surface area contributed by atoms with E-state index in [4.69, 9.17) is 29.6 Å². The minimum Gasteiger partial charge on any atom is -0.497 e. The minimum absolute atomic E-state index is 0.558. The number of likely N-dealkylation sites (tertiary alicyclic amines) is 1. The summed E-state index contributed by atoms with van der Waals surface area (Å²) in [5.41, 5.74) is 3.07. The molecule has 2 aromatic rings. The number of rotatable bonds is 9. The van der Waals surface area contributed by atoms with Crippen molar-refractivity contribution in [2.75, 3.05) is 20.2 Å². The Balaban J connectivity index is 0.000000290. The van der Waals surface area contributed by atoms with Gasteiger partial charge < -0.3 is 29.6 Å². The number of carboxylic acid groups (broad SMARTS) is 4. The molecule has 1 saturated heterocycles. The number of carboxylic acids is 4. The zero-order valence-electron chi connectivity index (χ0n) is 22.3. The van der Waals surface area contributed by atoms with E-state index in [-0.39, 0.29) is 0 Å². The van der Waals surface area contributed by atoms with Gasteiger partial charge in [-0.05, 0) is 80.0 Å². The van der Waals surface area contributed by atoms with Crippen LogP contribution < -0.4 is 4.74 Å². The average Bonchev–Trinajstić information content (AvgIpc) is 3.62. The molecule has 2 aliphatic rings. The van der Waals surface area contributed by atoms with Gasteiger partial charge in [-0.3, -0.25) is 4.90 Å². The van der Waals surface area contributed by atoms with Crippen molar-refractivity contribution < 1.29 is 48.8 Å². The molecule has 0 saturated carbocycles. The van der Waals surface area contributed by atoms with E-state index in [0.717, 1.165) is 24.5 Å². The standard InChI is InChI=1S/C21H27NO2.2C4H4O4/c1-23-18-9-10-19-16(15-18)5-2-7-20(19)21-8-3-12-22(21)13-11-17-6-4-14-24-17;2*5-3(6)1-2-4(7)8/h4,6,9-10,14-15,20-21H,2-3,5,7-8,11-13H2,1H3;2*1-2H,(H,5,6)(H,7,8). The molecular weight excluding hydrogens is 522 g/mol. The van der Waals surface area contributed by atoms with Crippen molar-refractivity contribution in [1.82, 2.24) is 4.90 Å². The molecule has 1 aliphatic carbocycles. The maximum absolute atomic E-state index is 9.55. The van der Waals surface area contributed by atoms with Crippen molar-refractivity contribution in [2.24, 2.45) is 0 Å². The molecule has 1 aromatic heterocycles. The van der Waals surface area contributed by atoms with Gasteiger partial charge in [0.1, 0.15) is 11.5 Å². The summed E-state index contributed by atoms with van der Waals surface area (Å²) in [6.45, 7) is 2.34. The molecule has 11 heteroatoms. The van der Waals surface area contributed by atoms with Crippen LogP contribution in [0.3, 0.4) is 0 Å². The predicted molar refractivity (Wildman–Crippen MR) is 145 cm³/mol. The van der Waals surface area contributed by atoms with Gasteiger partial charge in [-0.25, -0.2) is 19.2 Å². The fourth-order valence-corrected chi connectivity index (χ4v) is 4.93. The van der Waals surface area contributed by atoms with Gasteiger partial charge in [0.05, 0.1) is 13.4 Å². The first-order valence-electron chi connectivity index (χ1n) is 12.8. The number of furan rings is 1. The van der Waals surface area contributed by atoms with Crippen LogP contribution in [0.2, 0.25) is 0 Å². The summed E-state index contributed by atoms with van der Waals surface area (Å²) in [4.78, 5) is 40.9. The molecule has 4 N–H and O–H groups in total. The van der Waals surface area contributed by atoms with Crippen LogP contribution >= 0.6 is 0 Å². The molecule has 1 fully saturated rings. The highest BCUT2D eigenvalue weighted by atomic mass is 16.5. The quantitative estimate of drug-likeness (QED) is 0.330. The third-order valence-electron chi connectivity index (χ3n) is 6.55. The zero-order valence-corrected chi connectivity index (χ0v) is 22.3. The normalized spacial score (nSPS) is 18.2. The summed E-state index contributed by atoms with van der Waals surface area (Å²) in [6, 6.07) is 11.5. The van der Waals surface area contributed by atoms with Crippen LogP contribution in [0, 0.1) is 0 Å². The Morgan fingerprint density at radius 2 is 1.55 bits per heavy atom. The zero-order chi connectivity index (χ0) is 29.5. The smallest absolute Gasteiger partial charge is 0.328 e. The van der Waals surface area contributed by atoms with Crippen molar-refractivity contribution in [2.45, 2.75) is 50.5 Å². The van der Waals surface area contributed by atoms with Crippen molar-refractivity contribution in [3.63, 3.8) is 0 Å². The number of hydrogen-bond donors (Lipinski definition) is 4. The Morgan fingerprint density at radius 1 is 0.925 bits per heavy atom. The van der Waals surface area contributed by atoms with Gasteiger partial charge in [0.2, 0.25) is 0 Å². The second-order valence-electron chi connectivity index (χ2n) is 9.16. The molecule has 11 nitrogen and oxygen atoms in total. The van der Waals surface area contributed by atoms with Crippen molar-refractivity contribution in [1.29, 1.82) is 0 Å². The Morgan fingerprint density at radius 3 is 2.08 bits per heavy atom. The summed E-state index contributed by atoms with van der Waals surface area (Å²) in [5.74, 6) is -2.25. The van der Waals surface area contributed by atoms with E-state index in [0.29, 0.717) is 36.3 Å². The molecule has 0 radical (unpaired) electrons. The second kappa shape index (κ2) is 16.6. The fourth-order valence-electron chi connectivity index (χ4n) is 4.93. The van der Waals surface area contributed by atoms with Crippen LogP contribution in [0.4, 0.5) is 0 Å². The maximum atomic E-state index is 9.55. The van der Waals surface area contributed by atoms with Crippen LogP contribution in [0.15, 0.2) is 65.3 Å². The number of ether oxygens (including phenoxy) is 1. The third kappa shape index (κ3) is 11.2. The van der Waals surface area contributed by atoms with Crippen LogP contribution in [0.1, 0.15) is 48.5 Å². The highest BCUT2D eigenvalue weighted by Crippen LogP contribution is 2.40. The second-order valence-corrected chi connectivity index (χ2v) is 9.16. The lowest BCUT2D eigenvalue weighted by Gasteiger charge is -2.35. The van der Waals surface area contributed by atoms with E-state index in [1.165, 1.54) is 44.2 Å². The number of nitrogens with zero attached hydrogens (tertiary/aromatic N) is 1. The lowest BCUT2D eigenvalue weighted by molar-refractivity contribution is -0.134. The number of aliphatic carboxylic acids is 4. The number of benzene rings is 1. The number of carbonyl (C=O) groups is 4. The molecule has 216 valence electrons. The molecule has 4 rings (SSSR count). The van der Waals surface area contributed by atoms with E-state index in [1.807, 2.05) is 6.07 Å². The summed E-state index contributed by atoms with van der Waals surface area (Å²) >= 11 is 0. The maximum Gasteiger partial charge on any atom is 0.328 e. The minimum atomic E-state index is -1.26. The van der Waals surface area contributed by atoms with Gasteiger partial charge in [-0.1, -0.05) is 6.07 Å². The van der Waals surface area contributed by atoms with Crippen LogP contribution in [0.25, 0.3) is 0 Å². The lowest BCUT2D eigenvalue weighted by atomic mass is 9.78. The first kappa shape index (κ1) is 31.8. The first-order chi connectivity index (χ1) is 19.1. The van der Waals surface area contributed by atoms with Gasteiger partial charge in [0.15, 0.2) is 0 Å².